The SMILES string of the molecule is CCC(CC)(c1ccc(OCC(N=O)C(C)(C)C)c(C)c1)c1cc(C)c(C(=O)N(C)C(C)(C)C(=O)OC)s1. The number of rotatable bonds is 11. The molecule has 210 valence electrons. The monoisotopic (exact) mass is 544 g/mol. The fourth-order valence-electron chi connectivity index (χ4n) is 4.59. The van der Waals surface area contributed by atoms with E-state index in [9.17, 15) is 14.5 Å². The number of methoxy groups -OCH3 is 1. The molecule has 0 aliphatic carbocycles. The van der Waals surface area contributed by atoms with E-state index in [1.165, 1.54) is 23.3 Å². The number of likely N-dealkylation sites (N-methyl/N-ethyl adjacent to an activating group) is 1. The molecule has 2 aromatic rings. The Morgan fingerprint density at radius 2 is 1.63 bits per heavy atom. The quantitative estimate of drug-likeness (QED) is 0.223. The summed E-state index contributed by atoms with van der Waals surface area (Å²) in [5, 5.41) is 3.26. The predicted octanol–water partition coefficient (Wildman–Crippen LogP) is 7.05. The molecule has 0 saturated carbocycles. The molecule has 0 N–H and O–H groups in total. The maximum absolute atomic E-state index is 13.5. The van der Waals surface area contributed by atoms with Crippen LogP contribution in [0.3, 0.4) is 0 Å². The zero-order chi connectivity index (χ0) is 29.1. The molecule has 8 heteroatoms. The predicted molar refractivity (Wildman–Crippen MR) is 154 cm³/mol. The Kier molecular flexibility index (Phi) is 9.92. The Bertz CT molecular complexity index is 1160. The highest BCUT2D eigenvalue weighted by molar-refractivity contribution is 7.14. The number of esters is 1. The van der Waals surface area contributed by atoms with Crippen LogP contribution in [0.1, 0.15) is 92.5 Å². The van der Waals surface area contributed by atoms with Crippen molar-refractivity contribution in [2.75, 3.05) is 20.8 Å². The molecule has 1 atom stereocenters. The summed E-state index contributed by atoms with van der Waals surface area (Å²) in [4.78, 5) is 40.3. The molecule has 0 aliphatic heterocycles. The third-order valence-corrected chi connectivity index (χ3v) is 9.30. The Balaban J connectivity index is 2.44. The van der Waals surface area contributed by atoms with E-state index >= 15 is 0 Å². The molecule has 1 heterocycles. The van der Waals surface area contributed by atoms with Gasteiger partial charge in [0.15, 0.2) is 0 Å². The number of nitrogens with zero attached hydrogens (tertiary/aromatic N) is 2. The lowest BCUT2D eigenvalue weighted by atomic mass is 9.74. The number of nitroso groups, excluding NO2 is 1. The fourth-order valence-corrected chi connectivity index (χ4v) is 6.09. The molecule has 2 rings (SSSR count). The third-order valence-electron chi connectivity index (χ3n) is 7.87. The topological polar surface area (TPSA) is 85.3 Å². The lowest BCUT2D eigenvalue weighted by Crippen LogP contribution is -2.51. The van der Waals surface area contributed by atoms with Gasteiger partial charge in [0.2, 0.25) is 0 Å². The number of hydrogen-bond donors (Lipinski definition) is 0. The molecule has 1 aromatic carbocycles. The van der Waals surface area contributed by atoms with Gasteiger partial charge in [-0.15, -0.1) is 11.3 Å². The fraction of sp³-hybridized carbons (Fsp3) is 0.600. The molecule has 0 fully saturated rings. The second-order valence-electron chi connectivity index (χ2n) is 11.6. The standard InChI is InChI=1S/C30H44N2O5S/c1-12-30(13-2,21-14-15-22(19(3)16-21)37-18-23(31-35)28(5,6)7)24-17-20(4)25(38-24)26(33)32(10)29(8,9)27(34)36-11/h14-17,23H,12-13,18H2,1-11H3. The van der Waals surface area contributed by atoms with Crippen molar-refractivity contribution in [3.63, 3.8) is 0 Å². The van der Waals surface area contributed by atoms with Crippen molar-refractivity contribution in [1.82, 2.24) is 4.90 Å². The molecule has 0 aliphatic rings. The first kappa shape index (κ1) is 31.5. The summed E-state index contributed by atoms with van der Waals surface area (Å²) >= 11 is 1.49. The van der Waals surface area contributed by atoms with E-state index in [1.807, 2.05) is 40.7 Å². The van der Waals surface area contributed by atoms with E-state index in [0.29, 0.717) is 4.88 Å². The molecular weight excluding hydrogens is 500 g/mol. The number of aryl methyl sites for hydroxylation is 2. The minimum Gasteiger partial charge on any atom is -0.491 e. The first-order valence-corrected chi connectivity index (χ1v) is 14.0. The van der Waals surface area contributed by atoms with E-state index in [0.717, 1.165) is 40.2 Å². The van der Waals surface area contributed by atoms with Crippen LogP contribution in [0.4, 0.5) is 0 Å². The van der Waals surface area contributed by atoms with Crippen LogP contribution in [0.15, 0.2) is 29.4 Å². The molecule has 1 unspecified atom stereocenters. The largest absolute Gasteiger partial charge is 0.491 e. The highest BCUT2D eigenvalue weighted by Crippen LogP contribution is 2.44. The van der Waals surface area contributed by atoms with Gasteiger partial charge in [-0.2, -0.15) is 4.91 Å². The minimum absolute atomic E-state index is 0.202. The number of carbonyl (C=O) groups excluding carboxylic acids is 2. The second-order valence-corrected chi connectivity index (χ2v) is 12.7. The number of ether oxygens (including phenoxy) is 2. The van der Waals surface area contributed by atoms with Gasteiger partial charge >= 0.3 is 5.97 Å². The van der Waals surface area contributed by atoms with Crippen LogP contribution in [-0.2, 0) is 14.9 Å². The maximum atomic E-state index is 13.5. The first-order chi connectivity index (χ1) is 17.6. The van der Waals surface area contributed by atoms with Gasteiger partial charge in [-0.1, -0.05) is 51.9 Å². The number of thiophene rings is 1. The van der Waals surface area contributed by atoms with Crippen LogP contribution in [0.2, 0.25) is 0 Å². The molecule has 0 spiro atoms. The molecular formula is C30H44N2O5S. The van der Waals surface area contributed by atoms with Crippen molar-refractivity contribution in [1.29, 1.82) is 0 Å². The number of amides is 1. The summed E-state index contributed by atoms with van der Waals surface area (Å²) in [5.41, 5.74) is 1.37. The van der Waals surface area contributed by atoms with Gasteiger partial charge in [-0.25, -0.2) is 4.79 Å². The van der Waals surface area contributed by atoms with Gasteiger partial charge in [0.25, 0.3) is 5.91 Å². The van der Waals surface area contributed by atoms with Gasteiger partial charge in [0.05, 0.1) is 12.0 Å². The molecule has 7 nitrogen and oxygen atoms in total. The van der Waals surface area contributed by atoms with Gasteiger partial charge in [0.1, 0.15) is 23.9 Å². The van der Waals surface area contributed by atoms with Gasteiger partial charge in [-0.3, -0.25) is 4.79 Å². The van der Waals surface area contributed by atoms with E-state index < -0.39 is 17.6 Å². The van der Waals surface area contributed by atoms with Crippen molar-refractivity contribution in [3.8, 4) is 5.75 Å². The Labute approximate surface area is 231 Å². The number of carbonyl (C=O) groups is 2. The third kappa shape index (κ3) is 6.11. The normalized spacial score (nSPS) is 13.1. The summed E-state index contributed by atoms with van der Waals surface area (Å²) in [6.45, 7) is 17.8. The van der Waals surface area contributed by atoms with Crippen molar-refractivity contribution >= 4 is 23.2 Å². The summed E-state index contributed by atoms with van der Waals surface area (Å²) in [6.07, 6.45) is 1.70. The molecule has 0 bridgehead atoms. The number of benzene rings is 1. The highest BCUT2D eigenvalue weighted by atomic mass is 32.1. The van der Waals surface area contributed by atoms with Crippen LogP contribution in [0.5, 0.6) is 5.75 Å². The lowest BCUT2D eigenvalue weighted by Gasteiger charge is -2.33. The molecule has 1 aromatic heterocycles. The average Bonchev–Trinajstić information content (AvgIpc) is 3.25. The minimum atomic E-state index is -1.09. The number of hydrogen-bond acceptors (Lipinski definition) is 7. The summed E-state index contributed by atoms with van der Waals surface area (Å²) < 4.78 is 10.9. The average molecular weight is 545 g/mol. The zero-order valence-corrected chi connectivity index (χ0v) is 25.7. The van der Waals surface area contributed by atoms with E-state index in [2.05, 4.69) is 37.2 Å². The smallest absolute Gasteiger partial charge is 0.331 e. The Morgan fingerprint density at radius 1 is 1.03 bits per heavy atom. The van der Waals surface area contributed by atoms with Crippen molar-refractivity contribution in [3.05, 3.63) is 55.6 Å². The second kappa shape index (κ2) is 12.0. The van der Waals surface area contributed by atoms with E-state index in [1.54, 1.807) is 20.9 Å². The molecule has 0 saturated heterocycles. The van der Waals surface area contributed by atoms with E-state index in [-0.39, 0.29) is 23.3 Å². The Hall–Kier alpha value is -2.74. The van der Waals surface area contributed by atoms with Crippen molar-refractivity contribution < 1.29 is 19.1 Å². The summed E-state index contributed by atoms with van der Waals surface area (Å²) in [7, 11) is 2.96. The van der Waals surface area contributed by atoms with Crippen LogP contribution < -0.4 is 4.74 Å². The van der Waals surface area contributed by atoms with E-state index in [4.69, 9.17) is 9.47 Å². The Morgan fingerprint density at radius 3 is 2.11 bits per heavy atom. The van der Waals surface area contributed by atoms with Crippen LogP contribution in [0.25, 0.3) is 0 Å². The summed E-state index contributed by atoms with van der Waals surface area (Å²) in [5.74, 6) is 0.0693. The summed E-state index contributed by atoms with van der Waals surface area (Å²) in [6, 6.07) is 7.85. The zero-order valence-electron chi connectivity index (χ0n) is 24.9. The van der Waals surface area contributed by atoms with Crippen molar-refractivity contribution in [2.24, 2.45) is 10.6 Å². The van der Waals surface area contributed by atoms with Crippen molar-refractivity contribution in [2.45, 2.75) is 92.2 Å². The van der Waals surface area contributed by atoms with Gasteiger partial charge in [0, 0.05) is 17.3 Å². The first-order valence-electron chi connectivity index (χ1n) is 13.1. The van der Waals surface area contributed by atoms with Crippen LogP contribution in [0, 0.1) is 24.2 Å². The van der Waals surface area contributed by atoms with Crippen LogP contribution >= 0.6 is 11.3 Å². The maximum Gasteiger partial charge on any atom is 0.331 e. The molecule has 38 heavy (non-hydrogen) atoms. The van der Waals surface area contributed by atoms with Gasteiger partial charge < -0.3 is 14.4 Å². The van der Waals surface area contributed by atoms with Crippen LogP contribution in [-0.4, -0.2) is 49.1 Å². The van der Waals surface area contributed by atoms with Gasteiger partial charge in [-0.05, 0) is 74.8 Å². The highest BCUT2D eigenvalue weighted by Gasteiger charge is 2.39. The lowest BCUT2D eigenvalue weighted by molar-refractivity contribution is -0.150. The molecule has 1 amide bonds. The molecule has 0 radical (unpaired) electrons.